The van der Waals surface area contributed by atoms with Gasteiger partial charge in [-0.15, -0.1) is 0 Å². The van der Waals surface area contributed by atoms with E-state index in [1.165, 1.54) is 24.3 Å². The van der Waals surface area contributed by atoms with Crippen LogP contribution in [0.1, 0.15) is 229 Å². The predicted octanol–water partition coefficient (Wildman–Crippen LogP) is 26.4. The third-order valence-corrected chi connectivity index (χ3v) is 37.7. The van der Waals surface area contributed by atoms with Crippen LogP contribution in [-0.4, -0.2) is 124 Å². The summed E-state index contributed by atoms with van der Waals surface area (Å²) >= 11 is 0. The zero-order valence-corrected chi connectivity index (χ0v) is 86.5. The SMILES string of the molecule is C[C@@H]1[C@H]2CC/C(=C\c3ccccc3F)C(=O)[C@]2(C)CCC12OCCO2.C[C@@H]1[C@H]2CCCC(=O)[C@]2(C)CCC12OCCO2.C[C@@H]1[C@H]2CCc3c(-c4ccccc4F)nc(-c4ccnc5ccccc45)nc3[C@]2(C)CCC12OCCO2.C[C@H]1C(=O)CC[C@@]2(C)c3nc(-c4ccnc5ccccc45)nc(-c4ccccc4F)c3CC[C@H]12.C[C@H]1c2oncc2C[C@@]2(C)c3nc(-c4ccnc5ccccc45)nc(-c4ccccc4F)c3CC[C@H]12. The first-order chi connectivity index (χ1) is 72.1. The molecule has 0 unspecified atom stereocenters. The second-order valence-corrected chi connectivity index (χ2v) is 45.2. The van der Waals surface area contributed by atoms with E-state index in [4.69, 9.17) is 62.8 Å². The Kier molecular flexibility index (Phi) is 26.3. The molecule has 14 aromatic rings. The van der Waals surface area contributed by atoms with E-state index >= 15 is 13.2 Å². The van der Waals surface area contributed by atoms with Gasteiger partial charge in [0.05, 0.1) is 96.6 Å². The minimum absolute atomic E-state index is 0.00369. The molecule has 0 N–H and O–H groups in total. The number of halogens is 4. The summed E-state index contributed by atoms with van der Waals surface area (Å²) in [4.78, 5) is 82.5. The Morgan fingerprint density at radius 2 is 0.711 bits per heavy atom. The molecule has 15 atom stereocenters. The van der Waals surface area contributed by atoms with Crippen LogP contribution in [0.5, 0.6) is 0 Å². The number of pyridine rings is 3. The summed E-state index contributed by atoms with van der Waals surface area (Å²) in [5.74, 6) is 3.92. The molecule has 7 aromatic heterocycles. The molecule has 13 aliphatic rings. The fourth-order valence-electron chi connectivity index (χ4n) is 29.5. The molecule has 3 aliphatic heterocycles. The van der Waals surface area contributed by atoms with Crippen molar-refractivity contribution < 1.29 is 64.9 Å². The Morgan fingerprint density at radius 3 is 1.16 bits per heavy atom. The predicted molar refractivity (Wildman–Crippen MR) is 564 cm³/mol. The zero-order chi connectivity index (χ0) is 103. The minimum Gasteiger partial charge on any atom is -0.361 e. The number of ketones is 3. The fraction of sp³-hybridized carbons (Fsp3) is 0.432. The Labute approximate surface area is 867 Å². The largest absolute Gasteiger partial charge is 0.361 e. The molecule has 10 heterocycles. The van der Waals surface area contributed by atoms with E-state index in [2.05, 4.69) is 95.4 Å². The molecule has 149 heavy (non-hydrogen) atoms. The first kappa shape index (κ1) is 99.7. The topological polar surface area (TPSA) is 249 Å². The number of para-hydroxylation sites is 3. The second-order valence-electron chi connectivity index (χ2n) is 45.2. The number of nitrogens with zero attached hydrogens (tertiary/aromatic N) is 10. The van der Waals surface area contributed by atoms with Gasteiger partial charge in [-0.05, 0) is 216 Å². The highest BCUT2D eigenvalue weighted by Crippen LogP contribution is 2.63. The number of hydrogen-bond acceptors (Lipinski definition) is 20. The van der Waals surface area contributed by atoms with Gasteiger partial charge in [0.2, 0.25) is 0 Å². The number of aromatic nitrogens is 10. The number of carbonyl (C=O) groups is 3. The first-order valence-corrected chi connectivity index (χ1v) is 53.9. The number of allylic oxidation sites excluding steroid dienone is 1. The van der Waals surface area contributed by atoms with Crippen LogP contribution in [0.15, 0.2) is 223 Å². The van der Waals surface area contributed by atoms with Gasteiger partial charge >= 0.3 is 0 Å². The number of carbonyl (C=O) groups excluding carboxylic acids is 3. The number of fused-ring (bicyclic) bond motifs is 15. The standard InChI is InChI=1S/C31H30FN3O2.C30H25FN4O.C29H26FN3O.C21H25FO3.C14H22O3/c1-19-24-12-11-23-27(22-8-3-5-9-25(22)32)34-29(21-13-16-33-26-10-6-4-7-20(21)26)35-28(23)30(24,2)14-15-31(19)36-17-18-37-31;1-17-23-12-11-22-26(21-8-3-5-9-24(21)31)34-29(20-13-14-32-25-10-6-4-7-19(20)25)35-28(22)30(23,2)15-18-16-33-36-27(17)18;1-17-22-12-11-21-26(20-8-3-5-9-23(20)30)32-28(33-27(21)29(22,2)15-13-25(17)34)19-14-16-31-24-10-6-4-7-18(19)24;1-14-17-8-7-16(13-15-5-3-4-6-18(15)22)19(23)20(17,2)9-10-21(14)24-11-12-25-21;1-10-11-4-3-5-12(15)13(11,2)6-7-14(10)16-8-9-17-14/h3-10,13,16,19,24H,11-12,14-15,17-18H2,1-2H3;3-10,13-14,16-17,23H,11-12,15H2,1-2H3;3-10,14,16-17,22H,11-13,15H2,1-2H3;3-6,13-14,17H,7-12H2,1-2H3;10-11H,3-9H2,1-2H3/b;;;16-13+;/t19-,24-,30-;17-,23-,30-;17-,22-,29-;14-,17-,20-;10-,11-,13-/m11111/s1. The summed E-state index contributed by atoms with van der Waals surface area (Å²) in [6.07, 6.45) is 25.9. The van der Waals surface area contributed by atoms with E-state index in [1.54, 1.807) is 67.1 Å². The maximum Gasteiger partial charge on any atom is 0.171 e. The van der Waals surface area contributed by atoms with Crippen LogP contribution < -0.4 is 0 Å². The van der Waals surface area contributed by atoms with E-state index in [-0.39, 0.29) is 92.0 Å². The molecular formula is C125H128F4N10O10. The summed E-state index contributed by atoms with van der Waals surface area (Å²) in [5.41, 5.74) is 16.3. The van der Waals surface area contributed by atoms with E-state index < -0.39 is 17.0 Å². The van der Waals surface area contributed by atoms with Crippen molar-refractivity contribution >= 4 is 56.1 Å². The third kappa shape index (κ3) is 17.1. The van der Waals surface area contributed by atoms with Gasteiger partial charge in [-0.2, -0.15) is 0 Å². The summed E-state index contributed by atoms with van der Waals surface area (Å²) in [5, 5.41) is 7.05. The molecule has 20 nitrogen and oxygen atoms in total. The van der Waals surface area contributed by atoms with Crippen molar-refractivity contribution in [2.24, 2.45) is 64.1 Å². The van der Waals surface area contributed by atoms with Crippen molar-refractivity contribution in [2.75, 3.05) is 39.6 Å². The van der Waals surface area contributed by atoms with Crippen LogP contribution >= 0.6 is 0 Å². The van der Waals surface area contributed by atoms with E-state index in [0.717, 1.165) is 216 Å². The second kappa shape index (κ2) is 39.3. The highest BCUT2D eigenvalue weighted by atomic mass is 19.1. The Hall–Kier alpha value is -12.6. The van der Waals surface area contributed by atoms with E-state index in [9.17, 15) is 18.8 Å². The lowest BCUT2D eigenvalue weighted by Gasteiger charge is -2.54. The maximum atomic E-state index is 15.2. The van der Waals surface area contributed by atoms with Gasteiger partial charge < -0.3 is 32.9 Å². The minimum atomic E-state index is -0.503. The van der Waals surface area contributed by atoms with E-state index in [1.807, 2.05) is 121 Å². The molecule has 3 spiro atoms. The van der Waals surface area contributed by atoms with Crippen LogP contribution in [0.2, 0.25) is 0 Å². The Balaban J connectivity index is 0.000000104. The Bertz CT molecular complexity index is 7590. The molecule has 9 fully saturated rings. The number of Topliss-reactive ketones (excluding diaryl/α,β-unsaturated/α-hetero) is 3. The molecule has 0 bridgehead atoms. The number of rotatable bonds is 7. The van der Waals surface area contributed by atoms with Crippen LogP contribution in [0, 0.1) is 87.4 Å². The lowest BCUT2D eigenvalue weighted by Crippen LogP contribution is -2.56. The van der Waals surface area contributed by atoms with Gasteiger partial charge in [0.1, 0.15) is 40.6 Å². The molecule has 24 heteroatoms. The zero-order valence-electron chi connectivity index (χ0n) is 86.5. The highest BCUT2D eigenvalue weighted by Gasteiger charge is 2.63. The summed E-state index contributed by atoms with van der Waals surface area (Å²) in [6.45, 7) is 26.1. The number of ether oxygens (including phenoxy) is 6. The molecule has 10 aliphatic carbocycles. The van der Waals surface area contributed by atoms with E-state index in [0.29, 0.717) is 145 Å². The molecule has 3 saturated heterocycles. The molecule has 0 amide bonds. The first-order valence-electron chi connectivity index (χ1n) is 53.9. The fourth-order valence-corrected chi connectivity index (χ4v) is 29.5. The summed E-state index contributed by atoms with van der Waals surface area (Å²) < 4.78 is 101. The summed E-state index contributed by atoms with van der Waals surface area (Å²) in [7, 11) is 0. The van der Waals surface area contributed by atoms with Crippen molar-refractivity contribution in [1.29, 1.82) is 0 Å². The van der Waals surface area contributed by atoms with Gasteiger partial charge in [-0.3, -0.25) is 29.3 Å². The van der Waals surface area contributed by atoms with Gasteiger partial charge in [0.25, 0.3) is 0 Å². The molecular weight excluding hydrogens is 1880 g/mol. The normalized spacial score (nSPS) is 28.6. The van der Waals surface area contributed by atoms with Gasteiger partial charge in [-0.1, -0.05) is 184 Å². The molecule has 7 aromatic carbocycles. The van der Waals surface area contributed by atoms with Crippen molar-refractivity contribution in [3.05, 3.63) is 292 Å². The number of benzene rings is 7. The summed E-state index contributed by atoms with van der Waals surface area (Å²) in [6, 6.07) is 57.2. The average molecular weight is 2010 g/mol. The van der Waals surface area contributed by atoms with Crippen LogP contribution in [0.4, 0.5) is 17.6 Å². The highest BCUT2D eigenvalue weighted by molar-refractivity contribution is 6.04. The lowest BCUT2D eigenvalue weighted by atomic mass is 9.54. The Morgan fingerprint density at radius 1 is 0.342 bits per heavy atom. The quantitative estimate of drug-likeness (QED) is 0.106. The molecule has 0 radical (unpaired) electrons. The molecule has 6 saturated carbocycles. The van der Waals surface area contributed by atoms with Crippen LogP contribution in [0.25, 0.3) is 107 Å². The number of hydrogen-bond donors (Lipinski definition) is 0. The molecule has 766 valence electrons. The van der Waals surface area contributed by atoms with Crippen molar-refractivity contribution in [3.63, 3.8) is 0 Å². The molecule has 27 rings (SSSR count). The maximum absolute atomic E-state index is 15.2. The van der Waals surface area contributed by atoms with Crippen molar-refractivity contribution in [2.45, 2.75) is 237 Å². The van der Waals surface area contributed by atoms with Crippen LogP contribution in [-0.2, 0) is 84.7 Å². The van der Waals surface area contributed by atoms with Crippen molar-refractivity contribution in [1.82, 2.24) is 50.0 Å². The average Bonchev–Trinajstić information content (AvgIpc) is 1.69. The van der Waals surface area contributed by atoms with Crippen molar-refractivity contribution in [3.8, 4) is 67.9 Å². The monoisotopic (exact) mass is 2000 g/mol. The van der Waals surface area contributed by atoms with Crippen LogP contribution in [0.3, 0.4) is 0 Å². The smallest absolute Gasteiger partial charge is 0.171 e. The third-order valence-electron chi connectivity index (χ3n) is 37.7. The van der Waals surface area contributed by atoms with Gasteiger partial charge in [-0.25, -0.2) is 47.5 Å². The van der Waals surface area contributed by atoms with Gasteiger partial charge in [0, 0.05) is 185 Å². The lowest BCUT2D eigenvalue weighted by molar-refractivity contribution is -0.242. The van der Waals surface area contributed by atoms with Gasteiger partial charge in [0.15, 0.2) is 40.6 Å².